The molecular formula is C6H11NO. The highest BCUT2D eigenvalue weighted by atomic mass is 16.3. The van der Waals surface area contributed by atoms with Gasteiger partial charge in [-0.15, -0.1) is 6.58 Å². The van der Waals surface area contributed by atoms with Gasteiger partial charge in [0, 0.05) is 6.54 Å². The fraction of sp³-hybridized carbons (Fsp3) is 0.333. The summed E-state index contributed by atoms with van der Waals surface area (Å²) in [6, 6.07) is 0. The van der Waals surface area contributed by atoms with Crippen molar-refractivity contribution in [1.29, 1.82) is 0 Å². The molecule has 0 saturated heterocycles. The Morgan fingerprint density at radius 1 is 1.62 bits per heavy atom. The molecule has 0 heterocycles. The first kappa shape index (κ1) is 7.40. The van der Waals surface area contributed by atoms with Crippen LogP contribution in [0.15, 0.2) is 25.3 Å². The molecule has 0 aliphatic rings. The molecule has 0 aromatic heterocycles. The summed E-state index contributed by atoms with van der Waals surface area (Å²) in [7, 11) is 0. The van der Waals surface area contributed by atoms with E-state index in [1.165, 1.54) is 6.08 Å². The molecule has 46 valence electrons. The Balaban J connectivity index is 3.09. The van der Waals surface area contributed by atoms with Gasteiger partial charge in [-0.2, -0.15) is 0 Å². The van der Waals surface area contributed by atoms with Gasteiger partial charge in [0.15, 0.2) is 0 Å². The van der Waals surface area contributed by atoms with Crippen molar-refractivity contribution >= 4 is 0 Å². The average molecular weight is 113 g/mol. The molecule has 0 amide bonds. The Labute approximate surface area is 49.5 Å². The fourth-order valence-corrected chi connectivity index (χ4v) is 0.287. The molecule has 2 nitrogen and oxygen atoms in total. The third kappa shape index (κ3) is 3.59. The number of rotatable bonds is 4. The predicted molar refractivity (Wildman–Crippen MR) is 34.4 cm³/mol. The zero-order valence-electron chi connectivity index (χ0n) is 4.80. The van der Waals surface area contributed by atoms with E-state index in [1.807, 2.05) is 0 Å². The third-order valence-electron chi connectivity index (χ3n) is 0.695. The van der Waals surface area contributed by atoms with E-state index in [9.17, 15) is 0 Å². The van der Waals surface area contributed by atoms with E-state index in [1.54, 1.807) is 6.08 Å². The molecule has 0 aliphatic carbocycles. The standard InChI is InChI=1S/C6H11NO/c1-3-5-7-6(8)4-2/h3-4,6-8H,1-2,5H2. The van der Waals surface area contributed by atoms with E-state index < -0.39 is 6.23 Å². The van der Waals surface area contributed by atoms with Crippen molar-refractivity contribution in [3.63, 3.8) is 0 Å². The number of aliphatic hydroxyl groups excluding tert-OH is 1. The van der Waals surface area contributed by atoms with Crippen LogP contribution < -0.4 is 5.32 Å². The molecule has 0 aromatic rings. The fourth-order valence-electron chi connectivity index (χ4n) is 0.287. The highest BCUT2D eigenvalue weighted by Crippen LogP contribution is 1.73. The zero-order chi connectivity index (χ0) is 6.41. The van der Waals surface area contributed by atoms with E-state index in [4.69, 9.17) is 5.11 Å². The third-order valence-corrected chi connectivity index (χ3v) is 0.695. The van der Waals surface area contributed by atoms with Gasteiger partial charge in [-0.25, -0.2) is 0 Å². The van der Waals surface area contributed by atoms with Crippen LogP contribution in [0.4, 0.5) is 0 Å². The van der Waals surface area contributed by atoms with Crippen molar-refractivity contribution < 1.29 is 5.11 Å². The normalized spacial score (nSPS) is 12.6. The van der Waals surface area contributed by atoms with Gasteiger partial charge in [-0.1, -0.05) is 12.7 Å². The molecule has 0 radical (unpaired) electrons. The van der Waals surface area contributed by atoms with Crippen molar-refractivity contribution in [2.24, 2.45) is 0 Å². The van der Waals surface area contributed by atoms with Crippen LogP contribution in [0.5, 0.6) is 0 Å². The van der Waals surface area contributed by atoms with E-state index in [-0.39, 0.29) is 0 Å². The van der Waals surface area contributed by atoms with Crippen LogP contribution in [-0.2, 0) is 0 Å². The topological polar surface area (TPSA) is 32.3 Å². The highest BCUT2D eigenvalue weighted by Gasteiger charge is 1.89. The second-order valence-corrected chi connectivity index (χ2v) is 1.38. The lowest BCUT2D eigenvalue weighted by Gasteiger charge is -2.02. The predicted octanol–water partition coefficient (Wildman–Crippen LogP) is 0.266. The van der Waals surface area contributed by atoms with Crippen molar-refractivity contribution in [1.82, 2.24) is 5.32 Å². The number of nitrogens with one attached hydrogen (secondary N) is 1. The Hall–Kier alpha value is -0.600. The lowest BCUT2D eigenvalue weighted by molar-refractivity contribution is 0.190. The molecule has 2 N–H and O–H groups in total. The molecule has 1 unspecified atom stereocenters. The summed E-state index contributed by atoms with van der Waals surface area (Å²) in [4.78, 5) is 0. The number of aliphatic hydroxyl groups is 1. The van der Waals surface area contributed by atoms with E-state index in [0.717, 1.165) is 0 Å². The Morgan fingerprint density at radius 3 is 2.62 bits per heavy atom. The Morgan fingerprint density at radius 2 is 2.25 bits per heavy atom. The lowest BCUT2D eigenvalue weighted by Crippen LogP contribution is -2.25. The second-order valence-electron chi connectivity index (χ2n) is 1.38. The van der Waals surface area contributed by atoms with Crippen LogP contribution in [0.1, 0.15) is 0 Å². The van der Waals surface area contributed by atoms with Crippen molar-refractivity contribution in [3.8, 4) is 0 Å². The summed E-state index contributed by atoms with van der Waals surface area (Å²) in [5, 5.41) is 11.4. The molecule has 1 atom stereocenters. The highest BCUT2D eigenvalue weighted by molar-refractivity contribution is 4.79. The maximum absolute atomic E-state index is 8.71. The van der Waals surface area contributed by atoms with E-state index >= 15 is 0 Å². The molecular weight excluding hydrogens is 102 g/mol. The number of hydrogen-bond donors (Lipinski definition) is 2. The minimum atomic E-state index is -0.604. The Bertz CT molecular complexity index is 80.6. The van der Waals surface area contributed by atoms with Gasteiger partial charge in [-0.3, -0.25) is 5.32 Å². The minimum absolute atomic E-state index is 0.604. The van der Waals surface area contributed by atoms with Gasteiger partial charge in [0.25, 0.3) is 0 Å². The van der Waals surface area contributed by atoms with E-state index in [0.29, 0.717) is 6.54 Å². The van der Waals surface area contributed by atoms with Gasteiger partial charge in [0.05, 0.1) is 0 Å². The molecule has 0 rings (SSSR count). The average Bonchev–Trinajstić information content (AvgIpc) is 1.83. The maximum Gasteiger partial charge on any atom is 0.124 e. The quantitative estimate of drug-likeness (QED) is 0.405. The summed E-state index contributed by atoms with van der Waals surface area (Å²) < 4.78 is 0. The monoisotopic (exact) mass is 113 g/mol. The van der Waals surface area contributed by atoms with Crippen molar-refractivity contribution in [3.05, 3.63) is 25.3 Å². The zero-order valence-corrected chi connectivity index (χ0v) is 4.80. The molecule has 0 spiro atoms. The second kappa shape index (κ2) is 4.56. The molecule has 0 aliphatic heterocycles. The van der Waals surface area contributed by atoms with Crippen LogP contribution in [0.25, 0.3) is 0 Å². The summed E-state index contributed by atoms with van der Waals surface area (Å²) >= 11 is 0. The number of hydrogen-bond acceptors (Lipinski definition) is 2. The lowest BCUT2D eigenvalue weighted by atomic mass is 10.5. The van der Waals surface area contributed by atoms with Gasteiger partial charge in [-0.05, 0) is 6.08 Å². The summed E-state index contributed by atoms with van der Waals surface area (Å²) in [5.74, 6) is 0. The van der Waals surface area contributed by atoms with Crippen LogP contribution in [0.2, 0.25) is 0 Å². The van der Waals surface area contributed by atoms with Gasteiger partial charge < -0.3 is 5.11 Å². The molecule has 0 bridgehead atoms. The first-order valence-corrected chi connectivity index (χ1v) is 2.46. The van der Waals surface area contributed by atoms with E-state index in [2.05, 4.69) is 18.5 Å². The summed E-state index contributed by atoms with van der Waals surface area (Å²) in [6.07, 6.45) is 2.49. The van der Waals surface area contributed by atoms with Crippen molar-refractivity contribution in [2.45, 2.75) is 6.23 Å². The maximum atomic E-state index is 8.71. The molecule has 0 aromatic carbocycles. The first-order valence-electron chi connectivity index (χ1n) is 2.46. The smallest absolute Gasteiger partial charge is 0.124 e. The van der Waals surface area contributed by atoms with Crippen LogP contribution in [-0.4, -0.2) is 17.9 Å². The summed E-state index contributed by atoms with van der Waals surface area (Å²) in [5.41, 5.74) is 0. The van der Waals surface area contributed by atoms with Gasteiger partial charge in [0.1, 0.15) is 6.23 Å². The summed E-state index contributed by atoms with van der Waals surface area (Å²) in [6.45, 7) is 7.43. The largest absolute Gasteiger partial charge is 0.375 e. The molecule has 0 saturated carbocycles. The van der Waals surface area contributed by atoms with Gasteiger partial charge >= 0.3 is 0 Å². The molecule has 2 heteroatoms. The minimum Gasteiger partial charge on any atom is -0.375 e. The molecule has 0 fully saturated rings. The van der Waals surface area contributed by atoms with Crippen LogP contribution in [0.3, 0.4) is 0 Å². The molecule has 8 heavy (non-hydrogen) atoms. The Kier molecular flexibility index (Phi) is 4.21. The van der Waals surface area contributed by atoms with Crippen LogP contribution in [0, 0.1) is 0 Å². The van der Waals surface area contributed by atoms with Crippen LogP contribution >= 0.6 is 0 Å². The first-order chi connectivity index (χ1) is 3.81. The van der Waals surface area contributed by atoms with Gasteiger partial charge in [0.2, 0.25) is 0 Å². The SMILES string of the molecule is C=CCNC(O)C=C. The van der Waals surface area contributed by atoms with Crippen molar-refractivity contribution in [2.75, 3.05) is 6.54 Å².